The van der Waals surface area contributed by atoms with Crippen LogP contribution in [0.2, 0.25) is 0 Å². The van der Waals surface area contributed by atoms with E-state index in [0.717, 1.165) is 30.0 Å². The second-order valence-corrected chi connectivity index (χ2v) is 6.02. The number of aromatic nitrogens is 2. The molecule has 2 amide bonds. The van der Waals surface area contributed by atoms with E-state index in [9.17, 15) is 4.79 Å². The summed E-state index contributed by atoms with van der Waals surface area (Å²) in [6.45, 7) is 3.82. The fourth-order valence-corrected chi connectivity index (χ4v) is 2.76. The van der Waals surface area contributed by atoms with Gasteiger partial charge in [-0.05, 0) is 37.5 Å². The Kier molecular flexibility index (Phi) is 5.03. The normalized spacial score (nSPS) is 13.6. The molecule has 0 saturated heterocycles. The van der Waals surface area contributed by atoms with Gasteiger partial charge in [-0.2, -0.15) is 0 Å². The molecule has 1 heterocycles. The summed E-state index contributed by atoms with van der Waals surface area (Å²) in [7, 11) is 1.67. The van der Waals surface area contributed by atoms with E-state index in [1.807, 2.05) is 36.2 Å². The Morgan fingerprint density at radius 2 is 2.29 bits per heavy atom. The summed E-state index contributed by atoms with van der Waals surface area (Å²) in [5, 5.41) is 2.90. The zero-order valence-electron chi connectivity index (χ0n) is 14.2. The first-order valence-electron chi connectivity index (χ1n) is 8.38. The minimum atomic E-state index is -0.00377. The van der Waals surface area contributed by atoms with Crippen molar-refractivity contribution in [3.05, 3.63) is 48.0 Å². The van der Waals surface area contributed by atoms with Gasteiger partial charge in [-0.15, -0.1) is 0 Å². The molecule has 1 aromatic heterocycles. The number of nitrogens with one attached hydrogen (secondary N) is 1. The lowest BCUT2D eigenvalue weighted by Gasteiger charge is -2.22. The van der Waals surface area contributed by atoms with E-state index in [1.54, 1.807) is 13.3 Å². The van der Waals surface area contributed by atoms with Crippen LogP contribution in [0.3, 0.4) is 0 Å². The van der Waals surface area contributed by atoms with Crippen LogP contribution in [-0.4, -0.2) is 40.2 Å². The highest BCUT2D eigenvalue weighted by Gasteiger charge is 2.33. The molecule has 2 aromatic rings. The van der Waals surface area contributed by atoms with Crippen LogP contribution in [0.15, 0.2) is 36.7 Å². The highest BCUT2D eigenvalue weighted by molar-refractivity contribution is 5.74. The molecule has 0 radical (unpaired) electrons. The smallest absolute Gasteiger partial charge is 0.318 e. The lowest BCUT2D eigenvalue weighted by atomic mass is 10.2. The first-order chi connectivity index (χ1) is 11.7. The molecule has 3 rings (SSSR count). The van der Waals surface area contributed by atoms with E-state index in [1.165, 1.54) is 0 Å². The third kappa shape index (κ3) is 3.88. The molecule has 1 aliphatic carbocycles. The van der Waals surface area contributed by atoms with E-state index in [0.29, 0.717) is 25.7 Å². The Morgan fingerprint density at radius 1 is 1.46 bits per heavy atom. The molecule has 1 N–H and O–H groups in total. The molecule has 128 valence electrons. The SMILES string of the molecule is CCNC(=O)N(Cc1nccn1Cc1cccc(OC)c1)C1CC1. The third-order valence-corrected chi connectivity index (χ3v) is 4.18. The summed E-state index contributed by atoms with van der Waals surface area (Å²) in [4.78, 5) is 18.6. The van der Waals surface area contributed by atoms with Crippen LogP contribution in [0.25, 0.3) is 0 Å². The van der Waals surface area contributed by atoms with Crippen LogP contribution in [0, 0.1) is 0 Å². The maximum Gasteiger partial charge on any atom is 0.318 e. The molecule has 1 aliphatic rings. The number of hydrogen-bond donors (Lipinski definition) is 1. The average molecular weight is 328 g/mol. The zero-order chi connectivity index (χ0) is 16.9. The highest BCUT2D eigenvalue weighted by Crippen LogP contribution is 2.28. The Balaban J connectivity index is 1.73. The number of nitrogens with zero attached hydrogens (tertiary/aromatic N) is 3. The first-order valence-corrected chi connectivity index (χ1v) is 8.38. The predicted molar refractivity (Wildman–Crippen MR) is 92.0 cm³/mol. The van der Waals surface area contributed by atoms with E-state index in [-0.39, 0.29) is 6.03 Å². The van der Waals surface area contributed by atoms with Gasteiger partial charge in [0, 0.05) is 31.5 Å². The summed E-state index contributed by atoms with van der Waals surface area (Å²) in [6, 6.07) is 8.34. The van der Waals surface area contributed by atoms with E-state index in [4.69, 9.17) is 4.74 Å². The number of carbonyl (C=O) groups is 1. The van der Waals surface area contributed by atoms with Gasteiger partial charge in [-0.3, -0.25) is 0 Å². The molecular weight excluding hydrogens is 304 g/mol. The minimum absolute atomic E-state index is 0.00377. The second-order valence-electron chi connectivity index (χ2n) is 6.02. The summed E-state index contributed by atoms with van der Waals surface area (Å²) < 4.78 is 7.37. The molecule has 0 atom stereocenters. The standard InChI is InChI=1S/C18H24N4O2/c1-3-19-18(23)22(15-7-8-15)13-17-20-9-10-21(17)12-14-5-4-6-16(11-14)24-2/h4-6,9-11,15H,3,7-8,12-13H2,1-2H3,(H,19,23). The summed E-state index contributed by atoms with van der Waals surface area (Å²) in [5.74, 6) is 1.74. The number of ether oxygens (including phenoxy) is 1. The van der Waals surface area contributed by atoms with E-state index < -0.39 is 0 Å². The lowest BCUT2D eigenvalue weighted by Crippen LogP contribution is -2.41. The molecule has 0 spiro atoms. The van der Waals surface area contributed by atoms with Gasteiger partial charge in [-0.1, -0.05) is 12.1 Å². The summed E-state index contributed by atoms with van der Waals surface area (Å²) in [6.07, 6.45) is 5.90. The van der Waals surface area contributed by atoms with Gasteiger partial charge >= 0.3 is 6.03 Å². The second kappa shape index (κ2) is 7.38. The van der Waals surface area contributed by atoms with Gasteiger partial charge in [0.25, 0.3) is 0 Å². The van der Waals surface area contributed by atoms with Gasteiger partial charge < -0.3 is 19.5 Å². The van der Waals surface area contributed by atoms with Crippen LogP contribution in [-0.2, 0) is 13.1 Å². The first kappa shape index (κ1) is 16.4. The zero-order valence-corrected chi connectivity index (χ0v) is 14.2. The minimum Gasteiger partial charge on any atom is -0.497 e. The van der Waals surface area contributed by atoms with Crippen molar-refractivity contribution >= 4 is 6.03 Å². The average Bonchev–Trinajstić information content (AvgIpc) is 3.34. The van der Waals surface area contributed by atoms with Gasteiger partial charge in [0.1, 0.15) is 11.6 Å². The third-order valence-electron chi connectivity index (χ3n) is 4.18. The number of carbonyl (C=O) groups excluding carboxylic acids is 1. The Labute approximate surface area is 142 Å². The van der Waals surface area contributed by atoms with Crippen molar-refractivity contribution in [1.82, 2.24) is 19.8 Å². The molecule has 1 fully saturated rings. The molecular formula is C18H24N4O2. The van der Waals surface area contributed by atoms with Crippen molar-refractivity contribution in [2.24, 2.45) is 0 Å². The largest absolute Gasteiger partial charge is 0.497 e. The van der Waals surface area contributed by atoms with Gasteiger partial charge in [0.15, 0.2) is 0 Å². The number of amides is 2. The number of urea groups is 1. The van der Waals surface area contributed by atoms with Gasteiger partial charge in [-0.25, -0.2) is 9.78 Å². The summed E-state index contributed by atoms with van der Waals surface area (Å²) >= 11 is 0. The maximum absolute atomic E-state index is 12.3. The van der Waals surface area contributed by atoms with Crippen molar-refractivity contribution in [3.8, 4) is 5.75 Å². The van der Waals surface area contributed by atoms with Gasteiger partial charge in [0.05, 0.1) is 13.7 Å². The van der Waals surface area contributed by atoms with Crippen LogP contribution in [0.5, 0.6) is 5.75 Å². The number of hydrogen-bond acceptors (Lipinski definition) is 3. The van der Waals surface area contributed by atoms with Crippen molar-refractivity contribution < 1.29 is 9.53 Å². The van der Waals surface area contributed by atoms with Crippen LogP contribution in [0.4, 0.5) is 4.79 Å². The number of imidazole rings is 1. The molecule has 1 aromatic carbocycles. The van der Waals surface area contributed by atoms with Crippen LogP contribution >= 0.6 is 0 Å². The molecule has 0 aliphatic heterocycles. The van der Waals surface area contributed by atoms with Crippen molar-refractivity contribution in [2.45, 2.75) is 38.9 Å². The fourth-order valence-electron chi connectivity index (χ4n) is 2.76. The number of methoxy groups -OCH3 is 1. The maximum atomic E-state index is 12.3. The fraction of sp³-hybridized carbons (Fsp3) is 0.444. The van der Waals surface area contributed by atoms with Crippen molar-refractivity contribution in [1.29, 1.82) is 0 Å². The van der Waals surface area contributed by atoms with Crippen molar-refractivity contribution in [3.63, 3.8) is 0 Å². The number of benzene rings is 1. The molecule has 1 saturated carbocycles. The lowest BCUT2D eigenvalue weighted by molar-refractivity contribution is 0.190. The topological polar surface area (TPSA) is 59.4 Å². The Hall–Kier alpha value is -2.50. The van der Waals surface area contributed by atoms with Gasteiger partial charge in [0.2, 0.25) is 0 Å². The van der Waals surface area contributed by atoms with E-state index >= 15 is 0 Å². The number of rotatable bonds is 7. The molecule has 6 nitrogen and oxygen atoms in total. The summed E-state index contributed by atoms with van der Waals surface area (Å²) in [5.41, 5.74) is 1.14. The quantitative estimate of drug-likeness (QED) is 0.850. The molecule has 6 heteroatoms. The molecule has 24 heavy (non-hydrogen) atoms. The van der Waals surface area contributed by atoms with Crippen LogP contribution < -0.4 is 10.1 Å². The van der Waals surface area contributed by atoms with Crippen LogP contribution in [0.1, 0.15) is 31.2 Å². The Bertz CT molecular complexity index is 694. The predicted octanol–water partition coefficient (Wildman–Crippen LogP) is 2.63. The van der Waals surface area contributed by atoms with E-state index in [2.05, 4.69) is 20.9 Å². The van der Waals surface area contributed by atoms with Crippen molar-refractivity contribution in [2.75, 3.05) is 13.7 Å². The monoisotopic (exact) mass is 328 g/mol. The highest BCUT2D eigenvalue weighted by atomic mass is 16.5. The molecule has 0 unspecified atom stereocenters. The molecule has 0 bridgehead atoms. The Morgan fingerprint density at radius 3 is 3.00 bits per heavy atom.